The molecule has 0 bridgehead atoms. The minimum absolute atomic E-state index is 1.04. The van der Waals surface area contributed by atoms with Crippen LogP contribution in [0, 0.1) is 6.92 Å². The predicted octanol–water partition coefficient (Wildman–Crippen LogP) is 3.95. The van der Waals surface area contributed by atoms with E-state index >= 15 is 0 Å². The number of benzene rings is 1. The average molecular weight is 226 g/mol. The Bertz CT molecular complexity index is 588. The Morgan fingerprint density at radius 2 is 2.24 bits per heavy atom. The summed E-state index contributed by atoms with van der Waals surface area (Å²) in [5.74, 6) is 0. The van der Waals surface area contributed by atoms with E-state index in [1.807, 2.05) is 24.0 Å². The van der Waals surface area contributed by atoms with Crippen molar-refractivity contribution in [3.05, 3.63) is 41.7 Å². The molecule has 0 radical (unpaired) electrons. The third-order valence-corrected chi connectivity index (χ3v) is 3.09. The molecule has 2 heteroatoms. The molecule has 2 aromatic rings. The van der Waals surface area contributed by atoms with E-state index in [0.717, 1.165) is 17.5 Å². The molecule has 0 unspecified atom stereocenters. The van der Waals surface area contributed by atoms with Gasteiger partial charge in [-0.2, -0.15) is 0 Å². The third kappa shape index (κ3) is 1.91. The first kappa shape index (κ1) is 11.6. The van der Waals surface area contributed by atoms with Gasteiger partial charge in [-0.25, -0.2) is 4.98 Å². The van der Waals surface area contributed by atoms with Crippen LogP contribution in [0.25, 0.3) is 23.2 Å². The molecule has 0 aliphatic heterocycles. The molecule has 88 valence electrons. The fourth-order valence-electron chi connectivity index (χ4n) is 2.09. The van der Waals surface area contributed by atoms with E-state index < -0.39 is 0 Å². The lowest BCUT2D eigenvalue weighted by molar-refractivity contribution is 0.947. The molecule has 0 aliphatic rings. The molecule has 17 heavy (non-hydrogen) atoms. The number of imidazole rings is 1. The van der Waals surface area contributed by atoms with Crippen LogP contribution in [0.3, 0.4) is 0 Å². The second-order valence-corrected chi connectivity index (χ2v) is 4.24. The van der Waals surface area contributed by atoms with Crippen LogP contribution in [0.5, 0.6) is 0 Å². The molecule has 0 N–H and O–H groups in total. The van der Waals surface area contributed by atoms with Gasteiger partial charge in [-0.15, -0.1) is 0 Å². The molecule has 0 fully saturated rings. The van der Waals surface area contributed by atoms with E-state index in [9.17, 15) is 0 Å². The van der Waals surface area contributed by atoms with Crippen LogP contribution in [-0.2, 0) is 7.05 Å². The van der Waals surface area contributed by atoms with Crippen LogP contribution in [-0.4, -0.2) is 9.55 Å². The molecule has 1 heterocycles. The average Bonchev–Trinajstić information content (AvgIpc) is 2.70. The molecule has 0 saturated carbocycles. The second-order valence-electron chi connectivity index (χ2n) is 4.24. The standard InChI is InChI=1S/C15H18N2/c1-5-7-8-13-11(3)15-14(9-12(13)6-2)17(4)10-16-15/h6-10H,2,5H2,1,3-4H3/b8-7+. The largest absolute Gasteiger partial charge is 0.334 e. The first-order chi connectivity index (χ1) is 8.19. The highest BCUT2D eigenvalue weighted by Gasteiger charge is 2.09. The summed E-state index contributed by atoms with van der Waals surface area (Å²) in [7, 11) is 2.02. The minimum Gasteiger partial charge on any atom is -0.334 e. The fourth-order valence-corrected chi connectivity index (χ4v) is 2.09. The SMILES string of the molecule is C=Cc1cc2c(ncn2C)c(C)c1/C=C/CC. The number of allylic oxidation sites excluding steroid dienone is 1. The highest BCUT2D eigenvalue weighted by molar-refractivity contribution is 5.87. The third-order valence-electron chi connectivity index (χ3n) is 3.09. The number of hydrogen-bond donors (Lipinski definition) is 0. The molecule has 1 aromatic heterocycles. The molecular formula is C15H18N2. The number of nitrogens with zero attached hydrogens (tertiary/aromatic N) is 2. The van der Waals surface area contributed by atoms with E-state index in [2.05, 4.69) is 43.6 Å². The van der Waals surface area contributed by atoms with Gasteiger partial charge in [-0.05, 0) is 36.1 Å². The van der Waals surface area contributed by atoms with E-state index in [4.69, 9.17) is 0 Å². The lowest BCUT2D eigenvalue weighted by Crippen LogP contribution is -1.91. The summed E-state index contributed by atoms with van der Waals surface area (Å²) in [5.41, 5.74) is 5.86. The van der Waals surface area contributed by atoms with Crippen molar-refractivity contribution >= 4 is 23.2 Å². The Labute approximate surface area is 102 Å². The first-order valence-electron chi connectivity index (χ1n) is 5.92. The van der Waals surface area contributed by atoms with E-state index in [-0.39, 0.29) is 0 Å². The Morgan fingerprint density at radius 3 is 2.88 bits per heavy atom. The van der Waals surface area contributed by atoms with Crippen molar-refractivity contribution in [3.8, 4) is 0 Å². The Hall–Kier alpha value is -1.83. The van der Waals surface area contributed by atoms with Crippen molar-refractivity contribution in [2.75, 3.05) is 0 Å². The van der Waals surface area contributed by atoms with Gasteiger partial charge in [0.15, 0.2) is 0 Å². The van der Waals surface area contributed by atoms with Crippen molar-refractivity contribution in [1.29, 1.82) is 0 Å². The Balaban J connectivity index is 2.77. The molecule has 0 saturated heterocycles. The number of rotatable bonds is 3. The maximum absolute atomic E-state index is 4.46. The summed E-state index contributed by atoms with van der Waals surface area (Å²) in [6.45, 7) is 8.16. The van der Waals surface area contributed by atoms with Gasteiger partial charge in [-0.1, -0.05) is 31.7 Å². The molecule has 0 atom stereocenters. The van der Waals surface area contributed by atoms with Crippen LogP contribution >= 0.6 is 0 Å². The van der Waals surface area contributed by atoms with Gasteiger partial charge in [0, 0.05) is 7.05 Å². The van der Waals surface area contributed by atoms with E-state index in [0.29, 0.717) is 0 Å². The predicted molar refractivity (Wildman–Crippen MR) is 74.9 cm³/mol. The van der Waals surface area contributed by atoms with Crippen molar-refractivity contribution in [1.82, 2.24) is 9.55 Å². The van der Waals surface area contributed by atoms with Gasteiger partial charge in [0.05, 0.1) is 17.4 Å². The summed E-state index contributed by atoms with van der Waals surface area (Å²) in [4.78, 5) is 4.46. The molecule has 1 aromatic carbocycles. The van der Waals surface area contributed by atoms with Crippen LogP contribution in [0.1, 0.15) is 30.0 Å². The zero-order valence-corrected chi connectivity index (χ0v) is 10.7. The summed E-state index contributed by atoms with van der Waals surface area (Å²) < 4.78 is 2.04. The van der Waals surface area contributed by atoms with Crippen LogP contribution in [0.2, 0.25) is 0 Å². The first-order valence-corrected chi connectivity index (χ1v) is 5.92. The van der Waals surface area contributed by atoms with Gasteiger partial charge in [0.1, 0.15) is 0 Å². The zero-order chi connectivity index (χ0) is 12.4. The van der Waals surface area contributed by atoms with Gasteiger partial charge in [0.2, 0.25) is 0 Å². The van der Waals surface area contributed by atoms with Crippen LogP contribution in [0.4, 0.5) is 0 Å². The quantitative estimate of drug-likeness (QED) is 0.775. The summed E-state index contributed by atoms with van der Waals surface area (Å²) >= 11 is 0. The zero-order valence-electron chi connectivity index (χ0n) is 10.7. The van der Waals surface area contributed by atoms with Crippen LogP contribution < -0.4 is 0 Å². The monoisotopic (exact) mass is 226 g/mol. The molecule has 2 rings (SSSR count). The molecule has 2 nitrogen and oxygen atoms in total. The maximum atomic E-state index is 4.46. The summed E-state index contributed by atoms with van der Waals surface area (Å²) in [6.07, 6.45) is 9.15. The number of hydrogen-bond acceptors (Lipinski definition) is 1. The normalized spacial score (nSPS) is 11.5. The maximum Gasteiger partial charge on any atom is 0.0955 e. The highest BCUT2D eigenvalue weighted by atomic mass is 15.0. The number of aromatic nitrogens is 2. The van der Waals surface area contributed by atoms with Crippen molar-refractivity contribution in [2.45, 2.75) is 20.3 Å². The van der Waals surface area contributed by atoms with Crippen molar-refractivity contribution in [3.63, 3.8) is 0 Å². The summed E-state index contributed by atoms with van der Waals surface area (Å²) in [6, 6.07) is 2.15. The van der Waals surface area contributed by atoms with Crippen molar-refractivity contribution in [2.24, 2.45) is 7.05 Å². The van der Waals surface area contributed by atoms with Crippen molar-refractivity contribution < 1.29 is 0 Å². The van der Waals surface area contributed by atoms with E-state index in [1.54, 1.807) is 0 Å². The van der Waals surface area contributed by atoms with Gasteiger partial charge in [0.25, 0.3) is 0 Å². The minimum atomic E-state index is 1.04. The molecule has 0 amide bonds. The summed E-state index contributed by atoms with van der Waals surface area (Å²) in [5, 5.41) is 0. The number of aryl methyl sites for hydroxylation is 2. The Kier molecular flexibility index (Phi) is 3.14. The fraction of sp³-hybridized carbons (Fsp3) is 0.267. The molecule has 0 spiro atoms. The van der Waals surface area contributed by atoms with E-state index in [1.165, 1.54) is 16.7 Å². The van der Waals surface area contributed by atoms with Gasteiger partial charge >= 0.3 is 0 Å². The molecular weight excluding hydrogens is 208 g/mol. The smallest absolute Gasteiger partial charge is 0.0955 e. The highest BCUT2D eigenvalue weighted by Crippen LogP contribution is 2.26. The lowest BCUT2D eigenvalue weighted by Gasteiger charge is -2.07. The Morgan fingerprint density at radius 1 is 1.47 bits per heavy atom. The lowest BCUT2D eigenvalue weighted by atomic mass is 9.99. The molecule has 0 aliphatic carbocycles. The van der Waals surface area contributed by atoms with Gasteiger partial charge < -0.3 is 4.57 Å². The van der Waals surface area contributed by atoms with Gasteiger partial charge in [-0.3, -0.25) is 0 Å². The van der Waals surface area contributed by atoms with Crippen LogP contribution in [0.15, 0.2) is 25.0 Å². The number of fused-ring (bicyclic) bond motifs is 1. The topological polar surface area (TPSA) is 17.8 Å². The second kappa shape index (κ2) is 4.58.